The molecule has 0 bridgehead atoms. The number of ketones is 1. The molecule has 1 aromatic rings. The molecule has 14 heteroatoms. The second kappa shape index (κ2) is 21.1. The van der Waals surface area contributed by atoms with Gasteiger partial charge in [-0.3, -0.25) is 28.9 Å². The van der Waals surface area contributed by atoms with Gasteiger partial charge in [0.25, 0.3) is 0 Å². The lowest BCUT2D eigenvalue weighted by atomic mass is 9.76. The first-order valence-corrected chi connectivity index (χ1v) is 22.6. The first-order chi connectivity index (χ1) is 26.6. The molecule has 1 saturated carbocycles. The Hall–Kier alpha value is -3.36. The van der Waals surface area contributed by atoms with Crippen molar-refractivity contribution in [1.29, 1.82) is 0 Å². The highest BCUT2D eigenvalue weighted by molar-refractivity contribution is 8.77. The molecule has 2 aliphatic rings. The quantitative estimate of drug-likeness (QED) is 0.0588. The number of aliphatic carboxylic acids is 1. The van der Waals surface area contributed by atoms with E-state index in [0.717, 1.165) is 31.2 Å². The number of imide groups is 1. The SMILES string of the molecule is CCC(=O)C1CCC(CN2C(=O)CC(SSCCOc3cccc(C(C)(C)[C@H](NC)C(=O)N[C@H](C(=O)N(C)[C@H](/C=C(\C)C(=O)O)C(C)C)C(C)(C)C)c3)C2=O)CC1. The fourth-order valence-electron chi connectivity index (χ4n) is 7.73. The number of likely N-dealkylation sites (tertiary alicyclic amines) is 1. The van der Waals surface area contributed by atoms with Crippen LogP contribution in [0.3, 0.4) is 0 Å². The summed E-state index contributed by atoms with van der Waals surface area (Å²) in [6, 6.07) is 5.45. The average molecular weight is 831 g/mol. The van der Waals surface area contributed by atoms with Crippen molar-refractivity contribution in [2.75, 3.05) is 33.0 Å². The minimum absolute atomic E-state index is 0.0700. The number of carboxylic acid groups (broad SMARTS) is 1. The number of nitrogens with zero attached hydrogens (tertiary/aromatic N) is 2. The van der Waals surface area contributed by atoms with Crippen molar-refractivity contribution in [3.05, 3.63) is 41.5 Å². The van der Waals surface area contributed by atoms with Crippen molar-refractivity contribution in [3.8, 4) is 5.75 Å². The summed E-state index contributed by atoms with van der Waals surface area (Å²) in [7, 11) is 6.26. The molecular weight excluding hydrogens is 765 g/mol. The predicted molar refractivity (Wildman–Crippen MR) is 228 cm³/mol. The van der Waals surface area contributed by atoms with Gasteiger partial charge in [0.15, 0.2) is 0 Å². The molecule has 57 heavy (non-hydrogen) atoms. The number of rotatable bonds is 20. The Labute approximate surface area is 347 Å². The van der Waals surface area contributed by atoms with Gasteiger partial charge >= 0.3 is 5.97 Å². The highest BCUT2D eigenvalue weighted by atomic mass is 33.1. The summed E-state index contributed by atoms with van der Waals surface area (Å²) in [4.78, 5) is 80.6. The van der Waals surface area contributed by atoms with E-state index in [0.29, 0.717) is 36.9 Å². The number of Topliss-reactive ketones (excluding diaryl/α,β-unsaturated/α-hetero) is 1. The molecule has 0 radical (unpaired) electrons. The summed E-state index contributed by atoms with van der Waals surface area (Å²) in [5, 5.41) is 15.3. The molecule has 1 aliphatic carbocycles. The van der Waals surface area contributed by atoms with Crippen LogP contribution in [0.2, 0.25) is 0 Å². The predicted octanol–water partition coefficient (Wildman–Crippen LogP) is 6.27. The van der Waals surface area contributed by atoms with Gasteiger partial charge in [-0.25, -0.2) is 4.79 Å². The van der Waals surface area contributed by atoms with Crippen LogP contribution in [0.15, 0.2) is 35.9 Å². The zero-order chi connectivity index (χ0) is 42.8. The Balaban J connectivity index is 1.58. The van der Waals surface area contributed by atoms with E-state index in [4.69, 9.17) is 4.74 Å². The van der Waals surface area contributed by atoms with Gasteiger partial charge in [0.05, 0.1) is 18.7 Å². The number of carbonyl (C=O) groups excluding carboxylic acids is 5. The molecule has 1 heterocycles. The normalized spacial score (nSPS) is 20.9. The van der Waals surface area contributed by atoms with E-state index < -0.39 is 40.2 Å². The summed E-state index contributed by atoms with van der Waals surface area (Å²) < 4.78 is 6.10. The van der Waals surface area contributed by atoms with Gasteiger partial charge in [-0.15, -0.1) is 0 Å². The van der Waals surface area contributed by atoms with Crippen LogP contribution in [0.4, 0.5) is 0 Å². The third kappa shape index (κ3) is 12.8. The van der Waals surface area contributed by atoms with E-state index in [1.54, 1.807) is 20.2 Å². The summed E-state index contributed by atoms with van der Waals surface area (Å²) in [6.07, 6.45) is 5.74. The maximum absolute atomic E-state index is 14.1. The van der Waals surface area contributed by atoms with Crippen molar-refractivity contribution < 1.29 is 38.6 Å². The smallest absolute Gasteiger partial charge is 0.331 e. The lowest BCUT2D eigenvalue weighted by molar-refractivity contribution is -0.141. The summed E-state index contributed by atoms with van der Waals surface area (Å²) in [5.74, 6) is -0.140. The molecule has 4 atom stereocenters. The van der Waals surface area contributed by atoms with E-state index in [1.165, 1.54) is 38.3 Å². The van der Waals surface area contributed by atoms with Crippen LogP contribution >= 0.6 is 21.6 Å². The number of amides is 4. The van der Waals surface area contributed by atoms with E-state index in [9.17, 15) is 33.9 Å². The first kappa shape index (κ1) is 48.0. The molecule has 1 saturated heterocycles. The van der Waals surface area contributed by atoms with Crippen molar-refractivity contribution in [1.82, 2.24) is 20.4 Å². The first-order valence-electron chi connectivity index (χ1n) is 20.2. The van der Waals surface area contributed by atoms with E-state index in [1.807, 2.05) is 79.7 Å². The number of hydrogen-bond acceptors (Lipinski definition) is 10. The molecule has 0 aromatic heterocycles. The number of nitrogens with one attached hydrogen (secondary N) is 2. The molecule has 3 N–H and O–H groups in total. The summed E-state index contributed by atoms with van der Waals surface area (Å²) in [6.45, 7) is 17.6. The standard InChI is InChI=1S/C43H66N4O8S2/c1-12-33(48)29-18-16-28(17-19-29)25-47-35(49)24-34(39(47)51)57-56-21-20-55-31-15-13-14-30(23-31)43(8,9)36(44-10)38(50)45-37(42(5,6)7)40(52)46(11)32(26(2)3)22-27(4)41(53)54/h13-15,22-23,26,28-29,32,34,36-37,44H,12,16-21,24-25H2,1-11H3,(H,45,50)(H,53,54)/b27-22+/t28?,29?,32-,34?,36-,37-/m1/s1. The Morgan fingerprint density at radius 3 is 2.26 bits per heavy atom. The number of ether oxygens (including phenoxy) is 1. The Morgan fingerprint density at radius 1 is 1.05 bits per heavy atom. The molecule has 0 spiro atoms. The van der Waals surface area contributed by atoms with Crippen LogP contribution < -0.4 is 15.4 Å². The van der Waals surface area contributed by atoms with Gasteiger partial charge in [-0.1, -0.05) is 95.2 Å². The van der Waals surface area contributed by atoms with Crippen molar-refractivity contribution in [2.45, 2.75) is 130 Å². The topological polar surface area (TPSA) is 162 Å². The molecule has 12 nitrogen and oxygen atoms in total. The summed E-state index contributed by atoms with van der Waals surface area (Å²) >= 11 is 0. The third-order valence-corrected chi connectivity index (χ3v) is 14.1. The molecule has 318 valence electrons. The van der Waals surface area contributed by atoms with Crippen LogP contribution in [0.1, 0.15) is 106 Å². The van der Waals surface area contributed by atoms with Gasteiger partial charge in [-0.05, 0) is 74.6 Å². The van der Waals surface area contributed by atoms with Crippen LogP contribution in [-0.4, -0.2) is 107 Å². The number of hydrogen-bond donors (Lipinski definition) is 3. The lowest BCUT2D eigenvalue weighted by Gasteiger charge is -2.40. The Kier molecular flexibility index (Phi) is 17.7. The maximum Gasteiger partial charge on any atom is 0.331 e. The monoisotopic (exact) mass is 830 g/mol. The van der Waals surface area contributed by atoms with Crippen LogP contribution in [-0.2, 0) is 34.2 Å². The fourth-order valence-corrected chi connectivity index (χ4v) is 10.0. The average Bonchev–Trinajstić information content (AvgIpc) is 3.42. The Bertz CT molecular complexity index is 1630. The highest BCUT2D eigenvalue weighted by Gasteiger charge is 2.43. The largest absolute Gasteiger partial charge is 0.493 e. The molecule has 1 aromatic carbocycles. The maximum atomic E-state index is 14.1. The van der Waals surface area contributed by atoms with Gasteiger partial charge in [0, 0.05) is 49.1 Å². The van der Waals surface area contributed by atoms with Crippen LogP contribution in [0, 0.1) is 23.2 Å². The van der Waals surface area contributed by atoms with Crippen LogP contribution in [0.25, 0.3) is 0 Å². The van der Waals surface area contributed by atoms with Gasteiger partial charge in [0.2, 0.25) is 23.6 Å². The fraction of sp³-hybridized carbons (Fsp3) is 0.674. The number of carbonyl (C=O) groups is 6. The third-order valence-electron chi connectivity index (χ3n) is 11.4. The van der Waals surface area contributed by atoms with E-state index in [2.05, 4.69) is 10.6 Å². The molecule has 1 unspecified atom stereocenters. The highest BCUT2D eigenvalue weighted by Crippen LogP contribution is 2.37. The zero-order valence-electron chi connectivity index (χ0n) is 35.8. The molecular formula is C43H66N4O8S2. The minimum atomic E-state index is -1.05. The molecule has 2 fully saturated rings. The van der Waals surface area contributed by atoms with Crippen molar-refractivity contribution in [2.24, 2.45) is 23.2 Å². The lowest BCUT2D eigenvalue weighted by Crippen LogP contribution is -2.61. The van der Waals surface area contributed by atoms with Gasteiger partial charge in [0.1, 0.15) is 22.8 Å². The number of benzene rings is 1. The van der Waals surface area contributed by atoms with E-state index >= 15 is 0 Å². The van der Waals surface area contributed by atoms with Gasteiger partial charge < -0.3 is 25.4 Å². The second-order valence-corrected chi connectivity index (χ2v) is 20.1. The van der Waals surface area contributed by atoms with E-state index in [-0.39, 0.29) is 53.4 Å². The number of carboxylic acids is 1. The zero-order valence-corrected chi connectivity index (χ0v) is 37.4. The molecule has 3 rings (SSSR count). The van der Waals surface area contributed by atoms with Gasteiger partial charge in [-0.2, -0.15) is 0 Å². The van der Waals surface area contributed by atoms with Crippen molar-refractivity contribution in [3.63, 3.8) is 0 Å². The number of likely N-dealkylation sites (N-methyl/N-ethyl adjacent to an activating group) is 2. The Morgan fingerprint density at radius 2 is 1.70 bits per heavy atom. The minimum Gasteiger partial charge on any atom is -0.493 e. The van der Waals surface area contributed by atoms with Crippen LogP contribution in [0.5, 0.6) is 5.75 Å². The summed E-state index contributed by atoms with van der Waals surface area (Å²) in [5.41, 5.74) is -0.405. The van der Waals surface area contributed by atoms with Crippen molar-refractivity contribution >= 4 is 57.0 Å². The molecule has 1 aliphatic heterocycles. The second-order valence-electron chi connectivity index (χ2n) is 17.5. The molecule has 4 amide bonds.